The first-order valence-corrected chi connectivity index (χ1v) is 10.4. The molecule has 0 spiro atoms. The third-order valence-electron chi connectivity index (χ3n) is 4.92. The first kappa shape index (κ1) is 23.9. The average Bonchev–Trinajstić information content (AvgIpc) is 2.77. The van der Waals surface area contributed by atoms with Crippen LogP contribution in [0.25, 0.3) is 0 Å². The highest BCUT2D eigenvalue weighted by Gasteiger charge is 2.48. The molecule has 1 fully saturated rings. The van der Waals surface area contributed by atoms with Gasteiger partial charge in [-0.25, -0.2) is 0 Å². The summed E-state index contributed by atoms with van der Waals surface area (Å²) in [5.41, 5.74) is 1.78. The molecule has 2 aromatic carbocycles. The van der Waals surface area contributed by atoms with Gasteiger partial charge in [-0.2, -0.15) is 0 Å². The molecule has 5 unspecified atom stereocenters. The Morgan fingerprint density at radius 2 is 1.38 bits per heavy atom. The molecule has 1 N–H and O–H groups in total. The summed E-state index contributed by atoms with van der Waals surface area (Å²) in [4.78, 5) is 23.0. The van der Waals surface area contributed by atoms with Gasteiger partial charge in [0, 0.05) is 13.8 Å². The normalized spacial score (nSPS) is 25.2. The lowest BCUT2D eigenvalue weighted by Gasteiger charge is -2.43. The largest absolute Gasteiger partial charge is 0.463 e. The maximum atomic E-state index is 11.6. The maximum Gasteiger partial charge on any atom is 0.305 e. The van der Waals surface area contributed by atoms with E-state index in [2.05, 4.69) is 0 Å². The molecule has 1 aliphatic rings. The molecular weight excluding hydrogens is 416 g/mol. The number of esters is 2. The third-order valence-corrected chi connectivity index (χ3v) is 4.92. The standard InChI is InChI=1S/C24H28O8/c1-16(25)28-15-20-22(29-13-18-9-5-3-6-10-18)21(27)23(24(32-20)31-17(2)26)30-14-19-11-7-4-8-12-19/h3-12,20-24,27H,13-15H2,1-2H3. The zero-order valence-corrected chi connectivity index (χ0v) is 18.1. The molecule has 8 heteroatoms. The van der Waals surface area contributed by atoms with E-state index in [4.69, 9.17) is 23.7 Å². The molecule has 0 amide bonds. The minimum atomic E-state index is -1.21. The summed E-state index contributed by atoms with van der Waals surface area (Å²) in [6.45, 7) is 2.71. The summed E-state index contributed by atoms with van der Waals surface area (Å²) in [6, 6.07) is 18.8. The highest BCUT2D eigenvalue weighted by atomic mass is 16.7. The minimum absolute atomic E-state index is 0.170. The van der Waals surface area contributed by atoms with Gasteiger partial charge in [0.2, 0.25) is 6.29 Å². The van der Waals surface area contributed by atoms with E-state index in [9.17, 15) is 14.7 Å². The number of hydrogen-bond donors (Lipinski definition) is 1. The molecule has 1 aliphatic heterocycles. The second-order valence-electron chi connectivity index (χ2n) is 7.47. The zero-order chi connectivity index (χ0) is 22.9. The Labute approximate surface area is 187 Å². The monoisotopic (exact) mass is 444 g/mol. The van der Waals surface area contributed by atoms with E-state index in [-0.39, 0.29) is 19.8 Å². The van der Waals surface area contributed by atoms with E-state index in [1.165, 1.54) is 13.8 Å². The van der Waals surface area contributed by atoms with Crippen LogP contribution in [0.2, 0.25) is 0 Å². The summed E-state index contributed by atoms with van der Waals surface area (Å²) >= 11 is 0. The number of hydrogen-bond acceptors (Lipinski definition) is 8. The molecule has 5 atom stereocenters. The van der Waals surface area contributed by atoms with Gasteiger partial charge in [0.05, 0.1) is 13.2 Å². The van der Waals surface area contributed by atoms with Crippen LogP contribution in [0.15, 0.2) is 60.7 Å². The zero-order valence-electron chi connectivity index (χ0n) is 18.1. The summed E-state index contributed by atoms with van der Waals surface area (Å²) in [5.74, 6) is -1.10. The lowest BCUT2D eigenvalue weighted by atomic mass is 9.98. The molecule has 0 aliphatic carbocycles. The highest BCUT2D eigenvalue weighted by molar-refractivity contribution is 5.66. The Morgan fingerprint density at radius 3 is 1.88 bits per heavy atom. The van der Waals surface area contributed by atoms with Crippen molar-refractivity contribution in [3.05, 3.63) is 71.8 Å². The van der Waals surface area contributed by atoms with Crippen LogP contribution in [-0.4, -0.2) is 54.4 Å². The molecule has 1 saturated heterocycles. The number of carbonyl (C=O) groups is 2. The van der Waals surface area contributed by atoms with Gasteiger partial charge in [0.15, 0.2) is 0 Å². The first-order chi connectivity index (χ1) is 15.4. The topological polar surface area (TPSA) is 101 Å². The van der Waals surface area contributed by atoms with Crippen LogP contribution in [0.1, 0.15) is 25.0 Å². The molecule has 3 rings (SSSR count). The van der Waals surface area contributed by atoms with Crippen LogP contribution < -0.4 is 0 Å². The van der Waals surface area contributed by atoms with E-state index >= 15 is 0 Å². The molecule has 0 radical (unpaired) electrons. The van der Waals surface area contributed by atoms with Gasteiger partial charge >= 0.3 is 11.9 Å². The van der Waals surface area contributed by atoms with Gasteiger partial charge in [-0.05, 0) is 11.1 Å². The SMILES string of the molecule is CC(=O)OCC1OC(OC(C)=O)C(OCc2ccccc2)C(O)C1OCc1ccccc1. The number of rotatable bonds is 9. The summed E-state index contributed by atoms with van der Waals surface area (Å²) < 4.78 is 28.1. The molecule has 0 aromatic heterocycles. The van der Waals surface area contributed by atoms with Crippen LogP contribution >= 0.6 is 0 Å². The number of aliphatic hydroxyl groups is 1. The van der Waals surface area contributed by atoms with Crippen molar-refractivity contribution in [2.45, 2.75) is 57.8 Å². The van der Waals surface area contributed by atoms with E-state index in [0.29, 0.717) is 0 Å². The fourth-order valence-electron chi connectivity index (χ4n) is 3.40. The van der Waals surface area contributed by atoms with Crippen molar-refractivity contribution in [3.8, 4) is 0 Å². The number of benzene rings is 2. The smallest absolute Gasteiger partial charge is 0.305 e. The Bertz CT molecular complexity index is 857. The molecule has 172 valence electrons. The third kappa shape index (κ3) is 6.86. The highest BCUT2D eigenvalue weighted by Crippen LogP contribution is 2.28. The quantitative estimate of drug-likeness (QED) is 0.589. The molecule has 0 saturated carbocycles. The van der Waals surface area contributed by atoms with Crippen LogP contribution in [0, 0.1) is 0 Å². The Morgan fingerprint density at radius 1 is 0.844 bits per heavy atom. The number of aliphatic hydroxyl groups excluding tert-OH is 1. The molecule has 1 heterocycles. The van der Waals surface area contributed by atoms with Crippen molar-refractivity contribution in [1.29, 1.82) is 0 Å². The molecular formula is C24H28O8. The van der Waals surface area contributed by atoms with Gasteiger partial charge < -0.3 is 28.8 Å². The molecule has 32 heavy (non-hydrogen) atoms. The average molecular weight is 444 g/mol. The predicted molar refractivity (Wildman–Crippen MR) is 113 cm³/mol. The molecule has 8 nitrogen and oxygen atoms in total. The second kappa shape index (κ2) is 11.7. The number of ether oxygens (including phenoxy) is 5. The van der Waals surface area contributed by atoms with Crippen molar-refractivity contribution in [2.75, 3.05) is 6.61 Å². The summed E-state index contributed by atoms with van der Waals surface area (Å²) in [7, 11) is 0. The Hall–Kier alpha value is -2.78. The van der Waals surface area contributed by atoms with E-state index in [1.807, 2.05) is 60.7 Å². The second-order valence-corrected chi connectivity index (χ2v) is 7.47. The van der Waals surface area contributed by atoms with Gasteiger partial charge in [0.25, 0.3) is 0 Å². The fraction of sp³-hybridized carbons (Fsp3) is 0.417. The molecule has 0 bridgehead atoms. The van der Waals surface area contributed by atoms with Gasteiger partial charge in [-0.3, -0.25) is 9.59 Å². The predicted octanol–water partition coefficient (Wildman–Crippen LogP) is 2.37. The first-order valence-electron chi connectivity index (χ1n) is 10.4. The van der Waals surface area contributed by atoms with Crippen LogP contribution in [0.5, 0.6) is 0 Å². The lowest BCUT2D eigenvalue weighted by Crippen LogP contribution is -2.61. The van der Waals surface area contributed by atoms with Gasteiger partial charge in [-0.15, -0.1) is 0 Å². The minimum Gasteiger partial charge on any atom is -0.463 e. The van der Waals surface area contributed by atoms with Crippen molar-refractivity contribution >= 4 is 11.9 Å². The van der Waals surface area contributed by atoms with Crippen LogP contribution in [-0.2, 0) is 46.5 Å². The van der Waals surface area contributed by atoms with Crippen LogP contribution in [0.4, 0.5) is 0 Å². The lowest BCUT2D eigenvalue weighted by molar-refractivity contribution is -0.310. The van der Waals surface area contributed by atoms with Crippen molar-refractivity contribution < 1.29 is 38.4 Å². The van der Waals surface area contributed by atoms with Crippen molar-refractivity contribution in [1.82, 2.24) is 0 Å². The Kier molecular flexibility index (Phi) is 8.75. The summed E-state index contributed by atoms with van der Waals surface area (Å²) in [5, 5.41) is 11.1. The van der Waals surface area contributed by atoms with Gasteiger partial charge in [-0.1, -0.05) is 60.7 Å². The maximum absolute atomic E-state index is 11.6. The van der Waals surface area contributed by atoms with Crippen LogP contribution in [0.3, 0.4) is 0 Å². The molecule has 2 aromatic rings. The van der Waals surface area contributed by atoms with E-state index in [1.54, 1.807) is 0 Å². The van der Waals surface area contributed by atoms with E-state index in [0.717, 1.165) is 11.1 Å². The number of carbonyl (C=O) groups excluding carboxylic acids is 2. The van der Waals surface area contributed by atoms with E-state index < -0.39 is 42.6 Å². The Balaban J connectivity index is 1.77. The van der Waals surface area contributed by atoms with Crippen molar-refractivity contribution in [2.24, 2.45) is 0 Å². The van der Waals surface area contributed by atoms with Crippen molar-refractivity contribution in [3.63, 3.8) is 0 Å². The summed E-state index contributed by atoms with van der Waals surface area (Å²) in [6.07, 6.45) is -5.15. The van der Waals surface area contributed by atoms with Gasteiger partial charge in [0.1, 0.15) is 31.0 Å². The fourth-order valence-corrected chi connectivity index (χ4v) is 3.40.